The van der Waals surface area contributed by atoms with E-state index in [-0.39, 0.29) is 5.78 Å². The fourth-order valence-corrected chi connectivity index (χ4v) is 1.77. The van der Waals surface area contributed by atoms with Crippen molar-refractivity contribution >= 4 is 21.7 Å². The molecular formula is C11H12BrNO. The highest BCUT2D eigenvalue weighted by Gasteiger charge is 2.20. The summed E-state index contributed by atoms with van der Waals surface area (Å²) in [6.45, 7) is 1.98. The van der Waals surface area contributed by atoms with Crippen molar-refractivity contribution in [1.82, 2.24) is 5.32 Å². The lowest BCUT2D eigenvalue weighted by Crippen LogP contribution is -2.42. The molecule has 1 aromatic carbocycles. The Morgan fingerprint density at radius 1 is 1.36 bits per heavy atom. The van der Waals surface area contributed by atoms with E-state index in [1.165, 1.54) is 0 Å². The summed E-state index contributed by atoms with van der Waals surface area (Å²) in [4.78, 5) is 11.7. The Kier molecular flexibility index (Phi) is 2.99. The highest BCUT2D eigenvalue weighted by atomic mass is 79.9. The Hall–Kier alpha value is -0.670. The first-order valence-corrected chi connectivity index (χ1v) is 5.54. The Bertz CT molecular complexity index is 330. The van der Waals surface area contributed by atoms with Crippen molar-refractivity contribution in [3.8, 4) is 0 Å². The van der Waals surface area contributed by atoms with Gasteiger partial charge in [0.1, 0.15) is 0 Å². The van der Waals surface area contributed by atoms with E-state index in [1.807, 2.05) is 24.3 Å². The summed E-state index contributed by atoms with van der Waals surface area (Å²) in [6.07, 6.45) is 0.675. The number of ketones is 1. The molecule has 0 aliphatic carbocycles. The SMILES string of the molecule is O=C(CC1CNC1)c1ccc(Br)cc1. The molecule has 1 aliphatic rings. The average Bonchev–Trinajstić information content (AvgIpc) is 2.12. The summed E-state index contributed by atoms with van der Waals surface area (Å²) in [5, 5.41) is 3.17. The van der Waals surface area contributed by atoms with Gasteiger partial charge in [0.15, 0.2) is 5.78 Å². The molecule has 1 fully saturated rings. The van der Waals surface area contributed by atoms with Crippen molar-refractivity contribution in [2.24, 2.45) is 5.92 Å². The summed E-state index contributed by atoms with van der Waals surface area (Å²) in [6, 6.07) is 7.57. The number of benzene rings is 1. The maximum absolute atomic E-state index is 11.7. The number of carbonyl (C=O) groups excluding carboxylic acids is 1. The van der Waals surface area contributed by atoms with Crippen molar-refractivity contribution in [2.75, 3.05) is 13.1 Å². The third kappa shape index (κ3) is 2.22. The molecule has 1 aliphatic heterocycles. The monoisotopic (exact) mass is 253 g/mol. The molecule has 2 rings (SSSR count). The zero-order valence-corrected chi connectivity index (χ0v) is 9.38. The smallest absolute Gasteiger partial charge is 0.163 e. The molecule has 1 saturated heterocycles. The first kappa shape index (κ1) is 9.87. The van der Waals surface area contributed by atoms with Crippen LogP contribution in [0.4, 0.5) is 0 Å². The van der Waals surface area contributed by atoms with E-state index in [2.05, 4.69) is 21.2 Å². The summed E-state index contributed by atoms with van der Waals surface area (Å²) < 4.78 is 1.01. The second-order valence-electron chi connectivity index (χ2n) is 3.66. The maximum atomic E-state index is 11.7. The lowest BCUT2D eigenvalue weighted by Gasteiger charge is -2.26. The van der Waals surface area contributed by atoms with Crippen molar-refractivity contribution < 1.29 is 4.79 Å². The van der Waals surface area contributed by atoms with Gasteiger partial charge in [-0.25, -0.2) is 0 Å². The van der Waals surface area contributed by atoms with Gasteiger partial charge in [0, 0.05) is 16.5 Å². The number of halogens is 1. The molecule has 1 aromatic rings. The molecule has 0 unspecified atom stereocenters. The van der Waals surface area contributed by atoms with Gasteiger partial charge >= 0.3 is 0 Å². The van der Waals surface area contributed by atoms with Gasteiger partial charge in [-0.1, -0.05) is 28.1 Å². The van der Waals surface area contributed by atoms with Crippen LogP contribution in [0.3, 0.4) is 0 Å². The number of hydrogen-bond acceptors (Lipinski definition) is 2. The van der Waals surface area contributed by atoms with Crippen molar-refractivity contribution in [1.29, 1.82) is 0 Å². The Morgan fingerprint density at radius 2 is 2.00 bits per heavy atom. The molecule has 3 heteroatoms. The molecule has 0 amide bonds. The largest absolute Gasteiger partial charge is 0.316 e. The van der Waals surface area contributed by atoms with Crippen LogP contribution in [0.2, 0.25) is 0 Å². The molecule has 0 spiro atoms. The molecule has 14 heavy (non-hydrogen) atoms. The van der Waals surface area contributed by atoms with Crippen LogP contribution < -0.4 is 5.32 Å². The Labute approximate surface area is 91.8 Å². The molecule has 0 aromatic heterocycles. The topological polar surface area (TPSA) is 29.1 Å². The third-order valence-electron chi connectivity index (χ3n) is 2.51. The standard InChI is InChI=1S/C11H12BrNO/c12-10-3-1-9(2-4-10)11(14)5-8-6-13-7-8/h1-4,8,13H,5-7H2. The van der Waals surface area contributed by atoms with Crippen LogP contribution in [0.5, 0.6) is 0 Å². The van der Waals surface area contributed by atoms with Gasteiger partial charge in [-0.2, -0.15) is 0 Å². The molecule has 74 valence electrons. The van der Waals surface area contributed by atoms with Crippen LogP contribution >= 0.6 is 15.9 Å². The third-order valence-corrected chi connectivity index (χ3v) is 3.03. The number of nitrogens with one attached hydrogen (secondary N) is 1. The van der Waals surface area contributed by atoms with Gasteiger partial charge in [0.2, 0.25) is 0 Å². The highest BCUT2D eigenvalue weighted by Crippen LogP contribution is 2.16. The molecule has 2 nitrogen and oxygen atoms in total. The van der Waals surface area contributed by atoms with E-state index >= 15 is 0 Å². The quantitative estimate of drug-likeness (QED) is 0.838. The minimum atomic E-state index is 0.254. The average molecular weight is 254 g/mol. The molecule has 0 atom stereocenters. The predicted octanol–water partition coefficient (Wildman–Crippen LogP) is 2.24. The molecule has 0 radical (unpaired) electrons. The van der Waals surface area contributed by atoms with Gasteiger partial charge in [-0.3, -0.25) is 4.79 Å². The summed E-state index contributed by atoms with van der Waals surface area (Å²) >= 11 is 3.35. The van der Waals surface area contributed by atoms with E-state index < -0.39 is 0 Å². The number of carbonyl (C=O) groups is 1. The number of hydrogen-bond donors (Lipinski definition) is 1. The van der Waals surface area contributed by atoms with Crippen LogP contribution in [-0.2, 0) is 0 Å². The van der Waals surface area contributed by atoms with Gasteiger partial charge in [-0.15, -0.1) is 0 Å². The second kappa shape index (κ2) is 4.24. The highest BCUT2D eigenvalue weighted by molar-refractivity contribution is 9.10. The fourth-order valence-electron chi connectivity index (χ4n) is 1.51. The van der Waals surface area contributed by atoms with Gasteiger partial charge in [-0.05, 0) is 31.1 Å². The zero-order chi connectivity index (χ0) is 9.97. The first-order valence-electron chi connectivity index (χ1n) is 4.75. The number of rotatable bonds is 3. The second-order valence-corrected chi connectivity index (χ2v) is 4.57. The lowest BCUT2D eigenvalue weighted by atomic mass is 9.94. The number of Topliss-reactive ketones (excluding diaryl/α,β-unsaturated/α-hetero) is 1. The van der Waals surface area contributed by atoms with E-state index in [1.54, 1.807) is 0 Å². The molecule has 0 saturated carbocycles. The summed E-state index contributed by atoms with van der Waals surface area (Å²) in [7, 11) is 0. The van der Waals surface area contributed by atoms with Gasteiger partial charge in [0.25, 0.3) is 0 Å². The van der Waals surface area contributed by atoms with E-state index in [4.69, 9.17) is 0 Å². The van der Waals surface area contributed by atoms with Crippen LogP contribution in [0, 0.1) is 5.92 Å². The minimum absolute atomic E-state index is 0.254. The molecular weight excluding hydrogens is 242 g/mol. The van der Waals surface area contributed by atoms with Crippen molar-refractivity contribution in [2.45, 2.75) is 6.42 Å². The maximum Gasteiger partial charge on any atom is 0.163 e. The van der Waals surface area contributed by atoms with Crippen LogP contribution in [0.1, 0.15) is 16.8 Å². The van der Waals surface area contributed by atoms with Crippen LogP contribution in [0.15, 0.2) is 28.7 Å². The normalized spacial score (nSPS) is 16.4. The fraction of sp³-hybridized carbons (Fsp3) is 0.364. The Balaban J connectivity index is 1.99. The van der Waals surface area contributed by atoms with Crippen LogP contribution in [-0.4, -0.2) is 18.9 Å². The van der Waals surface area contributed by atoms with Crippen molar-refractivity contribution in [3.63, 3.8) is 0 Å². The summed E-state index contributed by atoms with van der Waals surface area (Å²) in [5.41, 5.74) is 0.820. The lowest BCUT2D eigenvalue weighted by molar-refractivity contribution is 0.0945. The van der Waals surface area contributed by atoms with Crippen molar-refractivity contribution in [3.05, 3.63) is 34.3 Å². The summed E-state index contributed by atoms with van der Waals surface area (Å²) in [5.74, 6) is 0.801. The minimum Gasteiger partial charge on any atom is -0.316 e. The van der Waals surface area contributed by atoms with E-state index in [0.29, 0.717) is 12.3 Å². The predicted molar refractivity (Wildman–Crippen MR) is 59.4 cm³/mol. The molecule has 0 bridgehead atoms. The van der Waals surface area contributed by atoms with E-state index in [0.717, 1.165) is 23.1 Å². The Morgan fingerprint density at radius 3 is 2.50 bits per heavy atom. The van der Waals surface area contributed by atoms with E-state index in [9.17, 15) is 4.79 Å². The zero-order valence-electron chi connectivity index (χ0n) is 7.79. The molecule has 1 heterocycles. The van der Waals surface area contributed by atoms with Gasteiger partial charge in [0.05, 0.1) is 0 Å². The van der Waals surface area contributed by atoms with Gasteiger partial charge < -0.3 is 5.32 Å². The molecule has 1 N–H and O–H groups in total. The first-order chi connectivity index (χ1) is 6.75. The van der Waals surface area contributed by atoms with Crippen LogP contribution in [0.25, 0.3) is 0 Å².